The van der Waals surface area contributed by atoms with Crippen molar-refractivity contribution in [2.24, 2.45) is 0 Å². The monoisotopic (exact) mass is 263 g/mol. The van der Waals surface area contributed by atoms with Gasteiger partial charge in [0.1, 0.15) is 0 Å². The molecule has 0 spiro atoms. The van der Waals surface area contributed by atoms with E-state index in [0.717, 1.165) is 0 Å². The van der Waals surface area contributed by atoms with Crippen LogP contribution in [0.2, 0.25) is 0 Å². The minimum absolute atomic E-state index is 0. The van der Waals surface area contributed by atoms with Crippen LogP contribution < -0.4 is 0 Å². The molecule has 0 aromatic carbocycles. The zero-order chi connectivity index (χ0) is 10.1. The first-order valence-corrected chi connectivity index (χ1v) is 5.24. The number of nitrogens with zero attached hydrogens (tertiary/aromatic N) is 2. The van der Waals surface area contributed by atoms with E-state index < -0.39 is 0 Å². The van der Waals surface area contributed by atoms with Gasteiger partial charge in [-0.15, -0.1) is 0 Å². The molecule has 0 atom stereocenters. The second kappa shape index (κ2) is 11.5. The average molecular weight is 262 g/mol. The van der Waals surface area contributed by atoms with Crippen molar-refractivity contribution in [3.63, 3.8) is 0 Å². The van der Waals surface area contributed by atoms with Crippen molar-refractivity contribution in [3.05, 3.63) is 6.42 Å². The Balaban J connectivity index is 0. The Morgan fingerprint density at radius 1 is 0.786 bits per heavy atom. The molecular formula is C11H29GeN2. The van der Waals surface area contributed by atoms with Gasteiger partial charge in [-0.1, -0.05) is 0 Å². The van der Waals surface area contributed by atoms with E-state index in [0.29, 0.717) is 0 Å². The van der Waals surface area contributed by atoms with E-state index in [2.05, 4.69) is 44.4 Å². The molecule has 0 unspecified atom stereocenters. The number of hydrogen-bond acceptors (Lipinski definition) is 2. The minimum atomic E-state index is 0. The molecule has 0 N–H and O–H groups in total. The summed E-state index contributed by atoms with van der Waals surface area (Å²) in [6.45, 7) is 2.42. The molecule has 0 aromatic rings. The topological polar surface area (TPSA) is 6.48 Å². The van der Waals surface area contributed by atoms with Crippen molar-refractivity contribution < 1.29 is 0 Å². The summed E-state index contributed by atoms with van der Waals surface area (Å²) >= 11 is 0. The molecule has 0 heterocycles. The standard InChI is InChI=1S/C11H25N2.GeH4/c1-12(2)10-8-6-5-7-9-11-13(3)4;/h5H,6-11H2,1-4H3;1H4. The first-order chi connectivity index (χ1) is 6.13. The van der Waals surface area contributed by atoms with Gasteiger partial charge in [-0.25, -0.2) is 0 Å². The molecule has 0 bridgehead atoms. The molecule has 1 radical (unpaired) electrons. The van der Waals surface area contributed by atoms with Crippen molar-refractivity contribution >= 4 is 17.6 Å². The third-order valence-corrected chi connectivity index (χ3v) is 2.03. The summed E-state index contributed by atoms with van der Waals surface area (Å²) in [5.41, 5.74) is 0. The fraction of sp³-hybridized carbons (Fsp3) is 0.909. The van der Waals surface area contributed by atoms with Crippen molar-refractivity contribution in [3.8, 4) is 0 Å². The van der Waals surface area contributed by atoms with Crippen LogP contribution in [-0.4, -0.2) is 68.7 Å². The van der Waals surface area contributed by atoms with Gasteiger partial charge >= 0.3 is 17.6 Å². The molecule has 0 saturated heterocycles. The molecule has 0 saturated carbocycles. The van der Waals surface area contributed by atoms with Gasteiger partial charge in [0.15, 0.2) is 0 Å². The van der Waals surface area contributed by atoms with Crippen LogP contribution in [-0.2, 0) is 0 Å². The molecule has 0 aliphatic carbocycles. The van der Waals surface area contributed by atoms with E-state index in [1.807, 2.05) is 0 Å². The Kier molecular flexibility index (Phi) is 13.9. The van der Waals surface area contributed by atoms with Crippen LogP contribution in [0.15, 0.2) is 0 Å². The molecule has 2 nitrogen and oxygen atoms in total. The van der Waals surface area contributed by atoms with Crippen LogP contribution in [0.3, 0.4) is 0 Å². The third-order valence-electron chi connectivity index (χ3n) is 2.03. The van der Waals surface area contributed by atoms with E-state index in [9.17, 15) is 0 Å². The molecule has 0 rings (SSSR count). The van der Waals surface area contributed by atoms with Crippen LogP contribution in [0.4, 0.5) is 0 Å². The second-order valence-electron chi connectivity index (χ2n) is 4.18. The molecular weight excluding hydrogens is 233 g/mol. The molecule has 0 aliphatic rings. The quantitative estimate of drug-likeness (QED) is 0.462. The van der Waals surface area contributed by atoms with Gasteiger partial charge in [-0.2, -0.15) is 0 Å². The Labute approximate surface area is 101 Å². The van der Waals surface area contributed by atoms with Crippen LogP contribution in [0.5, 0.6) is 0 Å². The zero-order valence-electron chi connectivity index (χ0n) is 9.71. The van der Waals surface area contributed by atoms with Crippen molar-refractivity contribution in [1.29, 1.82) is 0 Å². The second-order valence-corrected chi connectivity index (χ2v) is 4.18. The molecule has 0 fully saturated rings. The van der Waals surface area contributed by atoms with E-state index in [1.54, 1.807) is 0 Å². The van der Waals surface area contributed by atoms with E-state index in [4.69, 9.17) is 0 Å². The maximum absolute atomic E-state index is 2.42. The van der Waals surface area contributed by atoms with Crippen LogP contribution >= 0.6 is 0 Å². The molecule has 0 amide bonds. The summed E-state index contributed by atoms with van der Waals surface area (Å²) in [7, 11) is 8.52. The normalized spacial score (nSPS) is 10.7. The van der Waals surface area contributed by atoms with Gasteiger partial charge in [-0.05, 0) is 73.4 Å². The number of hydrogen-bond donors (Lipinski definition) is 0. The van der Waals surface area contributed by atoms with Crippen LogP contribution in [0, 0.1) is 6.42 Å². The Morgan fingerprint density at radius 3 is 1.43 bits per heavy atom. The van der Waals surface area contributed by atoms with Crippen LogP contribution in [0.25, 0.3) is 0 Å². The van der Waals surface area contributed by atoms with Gasteiger partial charge in [0.25, 0.3) is 0 Å². The molecule has 14 heavy (non-hydrogen) atoms. The zero-order valence-corrected chi connectivity index (χ0v) is 9.71. The SMILES string of the molecule is CN(C)CCC[CH]CCCN(C)C.[GeH4]. The molecule has 0 aliphatic heterocycles. The van der Waals surface area contributed by atoms with E-state index >= 15 is 0 Å². The van der Waals surface area contributed by atoms with Crippen molar-refractivity contribution in [2.75, 3.05) is 41.3 Å². The maximum atomic E-state index is 2.42. The van der Waals surface area contributed by atoms with E-state index in [-0.39, 0.29) is 17.6 Å². The fourth-order valence-corrected chi connectivity index (χ4v) is 1.25. The summed E-state index contributed by atoms with van der Waals surface area (Å²) in [4.78, 5) is 4.49. The molecule has 3 heteroatoms. The predicted molar refractivity (Wildman–Crippen MR) is 71.2 cm³/mol. The van der Waals surface area contributed by atoms with Crippen molar-refractivity contribution in [2.45, 2.75) is 25.7 Å². The molecule has 87 valence electrons. The van der Waals surface area contributed by atoms with Gasteiger partial charge in [0.05, 0.1) is 0 Å². The average Bonchev–Trinajstić information content (AvgIpc) is 2.01. The summed E-state index contributed by atoms with van der Waals surface area (Å²) < 4.78 is 0. The first kappa shape index (κ1) is 16.9. The summed E-state index contributed by atoms with van der Waals surface area (Å²) in [5, 5.41) is 0. The van der Waals surface area contributed by atoms with Crippen molar-refractivity contribution in [1.82, 2.24) is 9.80 Å². The summed E-state index contributed by atoms with van der Waals surface area (Å²) in [5.74, 6) is 0. The Morgan fingerprint density at radius 2 is 1.14 bits per heavy atom. The fourth-order valence-electron chi connectivity index (χ4n) is 1.25. The summed E-state index contributed by atoms with van der Waals surface area (Å²) in [6.07, 6.45) is 7.56. The predicted octanol–water partition coefficient (Wildman–Crippen LogP) is 0.423. The van der Waals surface area contributed by atoms with Gasteiger partial charge < -0.3 is 9.80 Å². The molecule has 0 aromatic heterocycles. The van der Waals surface area contributed by atoms with Gasteiger partial charge in [-0.3, -0.25) is 0 Å². The van der Waals surface area contributed by atoms with Gasteiger partial charge in [0.2, 0.25) is 0 Å². The third kappa shape index (κ3) is 15.0. The first-order valence-electron chi connectivity index (χ1n) is 5.24. The van der Waals surface area contributed by atoms with Crippen LogP contribution in [0.1, 0.15) is 25.7 Å². The Bertz CT molecular complexity index is 93.5. The van der Waals surface area contributed by atoms with E-state index in [1.165, 1.54) is 38.8 Å². The Hall–Kier alpha value is 0.463. The summed E-state index contributed by atoms with van der Waals surface area (Å²) in [6, 6.07) is 0. The number of rotatable bonds is 8. The van der Waals surface area contributed by atoms with Gasteiger partial charge in [0, 0.05) is 0 Å². The number of unbranched alkanes of at least 4 members (excludes halogenated alkanes) is 4.